The van der Waals surface area contributed by atoms with Gasteiger partial charge in [0, 0.05) is 23.6 Å². The number of hydrogen-bond donors (Lipinski definition) is 2. The molecule has 1 heterocycles. The summed E-state index contributed by atoms with van der Waals surface area (Å²) in [5, 5.41) is 20.0. The van der Waals surface area contributed by atoms with Gasteiger partial charge >= 0.3 is 5.97 Å². The van der Waals surface area contributed by atoms with Crippen LogP contribution in [0, 0.1) is 5.82 Å². The number of likely N-dealkylation sites (tertiary alicyclic amines) is 1. The summed E-state index contributed by atoms with van der Waals surface area (Å²) in [7, 11) is 0. The molecule has 1 fully saturated rings. The standard InChI is InChI=1S/C23H21ClFNO5/c24-17-7-4-3-6-16(17)20-19(21(29)14-9-11-15(25)12-10-14)22(30)23(31)26(20)13-5-1-2-8-18(27)28/h3-4,6-7,9-12,20,29H,1-2,5,8,13H2,(H,27,28)/b21-19+. The van der Waals surface area contributed by atoms with Crippen LogP contribution in [-0.4, -0.2) is 39.3 Å². The Bertz CT molecular complexity index is 1030. The fraction of sp³-hybridized carbons (Fsp3) is 0.261. The highest BCUT2D eigenvalue weighted by Gasteiger charge is 2.46. The normalized spacial score (nSPS) is 17.9. The van der Waals surface area contributed by atoms with Gasteiger partial charge in [-0.2, -0.15) is 0 Å². The fourth-order valence-electron chi connectivity index (χ4n) is 3.63. The summed E-state index contributed by atoms with van der Waals surface area (Å²) in [6, 6.07) is 10.8. The zero-order chi connectivity index (χ0) is 22.5. The number of carboxylic acid groups (broad SMARTS) is 1. The summed E-state index contributed by atoms with van der Waals surface area (Å²) in [6.07, 6.45) is 1.52. The Hall–Kier alpha value is -3.19. The van der Waals surface area contributed by atoms with Crippen LogP contribution in [0.3, 0.4) is 0 Å². The lowest BCUT2D eigenvalue weighted by atomic mass is 9.95. The van der Waals surface area contributed by atoms with Crippen LogP contribution in [0.1, 0.15) is 42.9 Å². The minimum absolute atomic E-state index is 0.0251. The Labute approximate surface area is 183 Å². The van der Waals surface area contributed by atoms with Crippen molar-refractivity contribution < 1.29 is 29.0 Å². The van der Waals surface area contributed by atoms with Crippen LogP contribution in [-0.2, 0) is 14.4 Å². The van der Waals surface area contributed by atoms with Crippen molar-refractivity contribution in [3.8, 4) is 0 Å². The van der Waals surface area contributed by atoms with Crippen molar-refractivity contribution in [2.24, 2.45) is 0 Å². The molecule has 6 nitrogen and oxygen atoms in total. The molecule has 0 bridgehead atoms. The van der Waals surface area contributed by atoms with Crippen LogP contribution in [0.2, 0.25) is 5.02 Å². The lowest BCUT2D eigenvalue weighted by Crippen LogP contribution is -2.30. The zero-order valence-electron chi connectivity index (χ0n) is 16.6. The van der Waals surface area contributed by atoms with Crippen LogP contribution in [0.25, 0.3) is 5.76 Å². The smallest absolute Gasteiger partial charge is 0.303 e. The van der Waals surface area contributed by atoms with Gasteiger partial charge in [0.1, 0.15) is 11.6 Å². The van der Waals surface area contributed by atoms with E-state index in [1.54, 1.807) is 24.3 Å². The molecule has 1 atom stereocenters. The van der Waals surface area contributed by atoms with Gasteiger partial charge in [-0.3, -0.25) is 14.4 Å². The first-order valence-electron chi connectivity index (χ1n) is 9.82. The van der Waals surface area contributed by atoms with Gasteiger partial charge in [0.2, 0.25) is 0 Å². The second kappa shape index (κ2) is 9.75. The first kappa shape index (κ1) is 22.5. The minimum Gasteiger partial charge on any atom is -0.507 e. The Kier molecular flexibility index (Phi) is 7.07. The molecule has 1 saturated heterocycles. The maximum Gasteiger partial charge on any atom is 0.303 e. The Morgan fingerprint density at radius 3 is 2.32 bits per heavy atom. The number of hydrogen-bond acceptors (Lipinski definition) is 4. The SMILES string of the molecule is O=C(O)CCCCCN1C(=O)C(=O)/C(=C(/O)c2ccc(F)cc2)C1c1ccccc1Cl. The van der Waals surface area contributed by atoms with Gasteiger partial charge in [-0.15, -0.1) is 0 Å². The van der Waals surface area contributed by atoms with E-state index in [1.807, 2.05) is 0 Å². The third-order valence-corrected chi connectivity index (χ3v) is 5.49. The van der Waals surface area contributed by atoms with Gasteiger partial charge < -0.3 is 15.1 Å². The maximum atomic E-state index is 13.3. The quantitative estimate of drug-likeness (QED) is 0.269. The highest BCUT2D eigenvalue weighted by molar-refractivity contribution is 6.47. The van der Waals surface area contributed by atoms with Crippen molar-refractivity contribution in [1.82, 2.24) is 4.90 Å². The van der Waals surface area contributed by atoms with Crippen molar-refractivity contribution in [2.45, 2.75) is 31.7 Å². The minimum atomic E-state index is -0.904. The van der Waals surface area contributed by atoms with Crippen LogP contribution < -0.4 is 0 Å². The lowest BCUT2D eigenvalue weighted by Gasteiger charge is -2.26. The molecule has 2 aromatic carbocycles. The topological polar surface area (TPSA) is 94.9 Å². The van der Waals surface area contributed by atoms with Crippen molar-refractivity contribution in [1.29, 1.82) is 0 Å². The number of Topliss-reactive ketones (excluding diaryl/α,β-unsaturated/α-hetero) is 1. The van der Waals surface area contributed by atoms with Crippen molar-refractivity contribution in [3.05, 3.63) is 76.1 Å². The van der Waals surface area contributed by atoms with E-state index < -0.39 is 35.3 Å². The molecule has 31 heavy (non-hydrogen) atoms. The third kappa shape index (κ3) is 4.94. The van der Waals surface area contributed by atoms with E-state index in [0.29, 0.717) is 29.8 Å². The highest BCUT2D eigenvalue weighted by Crippen LogP contribution is 2.41. The number of halogens is 2. The van der Waals surface area contributed by atoms with Gasteiger partial charge in [-0.05, 0) is 48.7 Å². The largest absolute Gasteiger partial charge is 0.507 e. The van der Waals surface area contributed by atoms with E-state index in [-0.39, 0.29) is 24.1 Å². The summed E-state index contributed by atoms with van der Waals surface area (Å²) in [5.41, 5.74) is 0.575. The fourth-order valence-corrected chi connectivity index (χ4v) is 3.87. The van der Waals surface area contributed by atoms with E-state index in [2.05, 4.69) is 0 Å². The Morgan fingerprint density at radius 1 is 1.00 bits per heavy atom. The van der Waals surface area contributed by atoms with Crippen LogP contribution in [0.15, 0.2) is 54.1 Å². The van der Waals surface area contributed by atoms with Gasteiger partial charge in [-0.25, -0.2) is 4.39 Å². The molecular weight excluding hydrogens is 425 g/mol. The van der Waals surface area contributed by atoms with E-state index in [4.69, 9.17) is 16.7 Å². The molecule has 0 aliphatic carbocycles. The van der Waals surface area contributed by atoms with E-state index >= 15 is 0 Å². The number of benzene rings is 2. The molecule has 1 amide bonds. The summed E-state index contributed by atoms with van der Waals surface area (Å²) in [4.78, 5) is 37.7. The molecule has 2 N–H and O–H groups in total. The molecule has 3 rings (SSSR count). The summed E-state index contributed by atoms with van der Waals surface area (Å²) in [6.45, 7) is 0.195. The number of aliphatic hydroxyl groups excluding tert-OH is 1. The maximum absolute atomic E-state index is 13.3. The predicted molar refractivity (Wildman–Crippen MR) is 113 cm³/mol. The number of carboxylic acids is 1. The number of carbonyl (C=O) groups is 3. The number of unbranched alkanes of at least 4 members (excludes halogenated alkanes) is 2. The highest BCUT2D eigenvalue weighted by atomic mass is 35.5. The van der Waals surface area contributed by atoms with E-state index in [1.165, 1.54) is 17.0 Å². The van der Waals surface area contributed by atoms with Crippen LogP contribution >= 0.6 is 11.6 Å². The average Bonchev–Trinajstić information content (AvgIpc) is 2.98. The molecule has 0 aromatic heterocycles. The van der Waals surface area contributed by atoms with Gasteiger partial charge in [0.15, 0.2) is 0 Å². The van der Waals surface area contributed by atoms with Gasteiger partial charge in [-0.1, -0.05) is 36.2 Å². The molecule has 162 valence electrons. The number of nitrogens with zero attached hydrogens (tertiary/aromatic N) is 1. The summed E-state index contributed by atoms with van der Waals surface area (Å²) >= 11 is 6.35. The van der Waals surface area contributed by atoms with Gasteiger partial charge in [0.25, 0.3) is 11.7 Å². The monoisotopic (exact) mass is 445 g/mol. The molecular formula is C23H21ClFNO5. The second-order valence-corrected chi connectivity index (χ2v) is 7.63. The van der Waals surface area contributed by atoms with Crippen molar-refractivity contribution in [2.75, 3.05) is 6.54 Å². The lowest BCUT2D eigenvalue weighted by molar-refractivity contribution is -0.140. The molecule has 8 heteroatoms. The summed E-state index contributed by atoms with van der Waals surface area (Å²) < 4.78 is 13.3. The first-order chi connectivity index (χ1) is 14.8. The second-order valence-electron chi connectivity index (χ2n) is 7.23. The average molecular weight is 446 g/mol. The number of aliphatic carboxylic acids is 1. The molecule has 1 aliphatic heterocycles. The van der Waals surface area contributed by atoms with E-state index in [0.717, 1.165) is 12.1 Å². The van der Waals surface area contributed by atoms with Crippen molar-refractivity contribution in [3.63, 3.8) is 0 Å². The number of ketones is 1. The van der Waals surface area contributed by atoms with Crippen molar-refractivity contribution >= 4 is 35.0 Å². The number of rotatable bonds is 8. The molecule has 1 unspecified atom stereocenters. The Morgan fingerprint density at radius 2 is 1.68 bits per heavy atom. The molecule has 0 radical (unpaired) electrons. The zero-order valence-corrected chi connectivity index (χ0v) is 17.3. The van der Waals surface area contributed by atoms with Crippen LogP contribution in [0.4, 0.5) is 4.39 Å². The summed E-state index contributed by atoms with van der Waals surface area (Å²) in [5.74, 6) is -3.42. The van der Waals surface area contributed by atoms with Gasteiger partial charge in [0.05, 0.1) is 11.6 Å². The van der Waals surface area contributed by atoms with E-state index in [9.17, 15) is 23.9 Å². The predicted octanol–water partition coefficient (Wildman–Crippen LogP) is 4.55. The molecule has 1 aliphatic rings. The third-order valence-electron chi connectivity index (χ3n) is 5.15. The molecule has 2 aromatic rings. The number of amides is 1. The number of aliphatic hydroxyl groups is 1. The molecule has 0 saturated carbocycles. The Balaban J connectivity index is 1.99. The molecule has 0 spiro atoms. The number of carbonyl (C=O) groups excluding carboxylic acids is 2. The van der Waals surface area contributed by atoms with Crippen LogP contribution in [0.5, 0.6) is 0 Å². The first-order valence-corrected chi connectivity index (χ1v) is 10.2.